The van der Waals surface area contributed by atoms with Crippen LogP contribution in [0.5, 0.6) is 0 Å². The van der Waals surface area contributed by atoms with Gasteiger partial charge >= 0.3 is 0 Å². The second kappa shape index (κ2) is 8.33. The van der Waals surface area contributed by atoms with Crippen LogP contribution in [0, 0.1) is 5.92 Å². The number of rotatable bonds is 6. The zero-order valence-electron chi connectivity index (χ0n) is 16.9. The summed E-state index contributed by atoms with van der Waals surface area (Å²) in [6.45, 7) is 9.46. The molecule has 0 saturated carbocycles. The van der Waals surface area contributed by atoms with E-state index < -0.39 is 0 Å². The van der Waals surface area contributed by atoms with Crippen molar-refractivity contribution in [1.82, 2.24) is 14.9 Å². The molecule has 0 aliphatic carbocycles. The van der Waals surface area contributed by atoms with Crippen molar-refractivity contribution in [2.24, 2.45) is 5.92 Å². The number of nitrogens with zero attached hydrogens (tertiary/aromatic N) is 4. The number of aromatic nitrogens is 2. The first-order chi connectivity index (χ1) is 12.8. The molecule has 0 spiro atoms. The average molecular weight is 408 g/mol. The van der Waals surface area contributed by atoms with E-state index in [1.54, 1.807) is 17.5 Å². The Labute approximate surface area is 171 Å². The third-order valence-corrected chi connectivity index (χ3v) is 6.94. The van der Waals surface area contributed by atoms with Crippen molar-refractivity contribution in [2.75, 3.05) is 43.9 Å². The van der Waals surface area contributed by atoms with Crippen LogP contribution in [-0.4, -0.2) is 54.6 Å². The quantitative estimate of drug-likeness (QED) is 0.770. The van der Waals surface area contributed by atoms with Gasteiger partial charge in [-0.2, -0.15) is 4.98 Å². The van der Waals surface area contributed by atoms with Gasteiger partial charge in [-0.05, 0) is 37.9 Å². The lowest BCUT2D eigenvalue weighted by Gasteiger charge is -2.40. The van der Waals surface area contributed by atoms with Gasteiger partial charge in [0.05, 0.1) is 6.20 Å². The van der Waals surface area contributed by atoms with Gasteiger partial charge in [0.25, 0.3) is 0 Å². The highest BCUT2D eigenvalue weighted by molar-refractivity contribution is 7.10. The second-order valence-electron chi connectivity index (χ2n) is 8.32. The highest BCUT2D eigenvalue weighted by Crippen LogP contribution is 2.30. The molecule has 2 aromatic heterocycles. The molecule has 0 bridgehead atoms. The fourth-order valence-electron chi connectivity index (χ4n) is 3.77. The maximum absolute atomic E-state index is 6.37. The summed E-state index contributed by atoms with van der Waals surface area (Å²) in [4.78, 5) is 15.2. The van der Waals surface area contributed by atoms with Crippen molar-refractivity contribution >= 4 is 34.7 Å². The minimum atomic E-state index is 0.0151. The topological polar surface area (TPSA) is 44.3 Å². The van der Waals surface area contributed by atoms with Crippen molar-refractivity contribution in [3.05, 3.63) is 33.6 Å². The molecule has 0 aromatic carbocycles. The van der Waals surface area contributed by atoms with Crippen molar-refractivity contribution in [1.29, 1.82) is 0 Å². The van der Waals surface area contributed by atoms with E-state index in [1.807, 2.05) is 0 Å². The maximum Gasteiger partial charge on any atom is 0.227 e. The average Bonchev–Trinajstić information content (AvgIpc) is 3.16. The Balaban J connectivity index is 1.70. The molecule has 1 saturated heterocycles. The van der Waals surface area contributed by atoms with Crippen LogP contribution in [0.3, 0.4) is 0 Å². The fourth-order valence-corrected chi connectivity index (χ4v) is 4.78. The molecule has 3 rings (SSSR count). The molecular weight excluding hydrogens is 378 g/mol. The first-order valence-corrected chi connectivity index (χ1v) is 10.8. The highest BCUT2D eigenvalue weighted by Gasteiger charge is 2.29. The summed E-state index contributed by atoms with van der Waals surface area (Å²) in [5.74, 6) is 2.05. The Morgan fingerprint density at radius 1 is 1.41 bits per heavy atom. The Morgan fingerprint density at radius 3 is 2.81 bits per heavy atom. The van der Waals surface area contributed by atoms with Crippen molar-refractivity contribution in [3.63, 3.8) is 0 Å². The van der Waals surface area contributed by atoms with Gasteiger partial charge in [-0.1, -0.05) is 38.4 Å². The molecule has 7 heteroatoms. The van der Waals surface area contributed by atoms with Gasteiger partial charge in [0.2, 0.25) is 5.95 Å². The van der Waals surface area contributed by atoms with E-state index in [1.165, 1.54) is 4.88 Å². The molecule has 2 atom stereocenters. The molecule has 2 aromatic rings. The van der Waals surface area contributed by atoms with E-state index in [9.17, 15) is 0 Å². The predicted octanol–water partition coefficient (Wildman–Crippen LogP) is 4.36. The van der Waals surface area contributed by atoms with Gasteiger partial charge in [-0.3, -0.25) is 0 Å². The van der Waals surface area contributed by atoms with Crippen LogP contribution in [0.1, 0.15) is 32.1 Å². The summed E-state index contributed by atoms with van der Waals surface area (Å²) in [7, 11) is 4.32. The first-order valence-electron chi connectivity index (χ1n) is 9.49. The van der Waals surface area contributed by atoms with Gasteiger partial charge < -0.3 is 15.1 Å². The molecule has 148 valence electrons. The highest BCUT2D eigenvalue weighted by atomic mass is 35.5. The zero-order valence-corrected chi connectivity index (χ0v) is 18.4. The Kier molecular flexibility index (Phi) is 6.28. The summed E-state index contributed by atoms with van der Waals surface area (Å²) in [6.07, 6.45) is 2.83. The van der Waals surface area contributed by atoms with E-state index >= 15 is 0 Å². The van der Waals surface area contributed by atoms with E-state index in [0.29, 0.717) is 22.8 Å². The van der Waals surface area contributed by atoms with Crippen molar-refractivity contribution < 1.29 is 0 Å². The minimum absolute atomic E-state index is 0.0151. The lowest BCUT2D eigenvalue weighted by molar-refractivity contribution is 0.190. The normalized spacial score (nSPS) is 20.9. The lowest BCUT2D eigenvalue weighted by Crippen LogP contribution is -2.48. The molecule has 1 aliphatic heterocycles. The summed E-state index contributed by atoms with van der Waals surface area (Å²) in [5.41, 5.74) is 0.0151. The van der Waals surface area contributed by atoms with Gasteiger partial charge in [0.15, 0.2) is 5.82 Å². The van der Waals surface area contributed by atoms with Crippen molar-refractivity contribution in [3.8, 4) is 0 Å². The molecular formula is C20H30ClN5S. The van der Waals surface area contributed by atoms with Crippen LogP contribution in [0.15, 0.2) is 23.7 Å². The third-order valence-electron chi connectivity index (χ3n) is 5.42. The van der Waals surface area contributed by atoms with Crippen molar-refractivity contribution in [2.45, 2.75) is 38.6 Å². The Bertz CT molecular complexity index is 747. The number of nitrogens with one attached hydrogen (secondary N) is 1. The summed E-state index contributed by atoms with van der Waals surface area (Å²) >= 11 is 8.15. The van der Waals surface area contributed by atoms with Crippen LogP contribution in [0.25, 0.3) is 0 Å². The monoisotopic (exact) mass is 407 g/mol. The van der Waals surface area contributed by atoms with Crippen LogP contribution in [0.4, 0.5) is 11.8 Å². The molecule has 0 radical (unpaired) electrons. The first kappa shape index (κ1) is 20.4. The minimum Gasteiger partial charge on any atom is -0.368 e. The zero-order chi connectivity index (χ0) is 19.6. The van der Waals surface area contributed by atoms with E-state index in [-0.39, 0.29) is 5.41 Å². The number of thiophene rings is 1. The standard InChI is InChI=1S/C20H30ClN5S/c1-14-12-26(9-8-16(14)25(4)5)19-22-11-15(21)18(24-19)23-13-20(2,3)17-7-6-10-27-17/h6-7,10-11,14,16H,8-9,12-13H2,1-5H3,(H,22,23,24). The maximum atomic E-state index is 6.37. The molecule has 0 amide bonds. The summed E-state index contributed by atoms with van der Waals surface area (Å²) < 4.78 is 0. The molecule has 1 fully saturated rings. The number of anilines is 2. The molecule has 2 unspecified atom stereocenters. The third kappa shape index (κ3) is 4.73. The fraction of sp³-hybridized carbons (Fsp3) is 0.600. The molecule has 5 nitrogen and oxygen atoms in total. The van der Waals surface area contributed by atoms with E-state index in [0.717, 1.165) is 32.0 Å². The van der Waals surface area contributed by atoms with Gasteiger partial charge in [0.1, 0.15) is 5.02 Å². The van der Waals surface area contributed by atoms with Crippen LogP contribution in [0.2, 0.25) is 5.02 Å². The lowest BCUT2D eigenvalue weighted by atomic mass is 9.91. The largest absolute Gasteiger partial charge is 0.368 e. The number of hydrogen-bond donors (Lipinski definition) is 1. The summed E-state index contributed by atoms with van der Waals surface area (Å²) in [6, 6.07) is 4.88. The second-order valence-corrected chi connectivity index (χ2v) is 9.68. The number of hydrogen-bond acceptors (Lipinski definition) is 6. The number of piperidine rings is 1. The molecule has 1 aliphatic rings. The van der Waals surface area contributed by atoms with E-state index in [2.05, 4.69) is 72.5 Å². The number of halogens is 1. The van der Waals surface area contributed by atoms with E-state index in [4.69, 9.17) is 16.6 Å². The molecule has 27 heavy (non-hydrogen) atoms. The summed E-state index contributed by atoms with van der Waals surface area (Å²) in [5, 5.41) is 6.13. The predicted molar refractivity (Wildman–Crippen MR) is 116 cm³/mol. The Hall–Kier alpha value is -1.37. The van der Waals surface area contributed by atoms with Gasteiger partial charge in [-0.15, -0.1) is 11.3 Å². The van der Waals surface area contributed by atoms with Gasteiger partial charge in [-0.25, -0.2) is 4.98 Å². The Morgan fingerprint density at radius 2 is 2.19 bits per heavy atom. The molecule has 3 heterocycles. The van der Waals surface area contributed by atoms with Crippen LogP contribution >= 0.6 is 22.9 Å². The van der Waals surface area contributed by atoms with Crippen LogP contribution in [-0.2, 0) is 5.41 Å². The van der Waals surface area contributed by atoms with Gasteiger partial charge in [0, 0.05) is 36.0 Å². The molecule has 1 N–H and O–H groups in total. The smallest absolute Gasteiger partial charge is 0.227 e. The SMILES string of the molecule is CC1CN(c2ncc(Cl)c(NCC(C)(C)c3cccs3)n2)CCC1N(C)C. The van der Waals surface area contributed by atoms with Crippen LogP contribution < -0.4 is 10.2 Å².